The van der Waals surface area contributed by atoms with Gasteiger partial charge < -0.3 is 5.32 Å². The maximum atomic E-state index is 3.56. The van der Waals surface area contributed by atoms with E-state index in [1.807, 2.05) is 0 Å². The Hall–Kier alpha value is -0.980. The second kappa shape index (κ2) is 3.64. The highest BCUT2D eigenvalue weighted by atomic mass is 14.9. The van der Waals surface area contributed by atoms with Gasteiger partial charge in [-0.3, -0.25) is 0 Å². The van der Waals surface area contributed by atoms with E-state index >= 15 is 0 Å². The summed E-state index contributed by atoms with van der Waals surface area (Å²) < 4.78 is 0. The van der Waals surface area contributed by atoms with Gasteiger partial charge in [-0.15, -0.1) is 0 Å². The zero-order valence-electron chi connectivity index (χ0n) is 9.30. The number of aryl methyl sites for hydroxylation is 1. The van der Waals surface area contributed by atoms with E-state index in [1.165, 1.54) is 29.7 Å². The molecule has 1 heterocycles. The molecule has 0 amide bonds. The van der Waals surface area contributed by atoms with E-state index in [1.54, 1.807) is 0 Å². The van der Waals surface area contributed by atoms with Crippen molar-refractivity contribution >= 4 is 5.69 Å². The van der Waals surface area contributed by atoms with Gasteiger partial charge in [-0.2, -0.15) is 0 Å². The largest absolute Gasteiger partial charge is 0.382 e. The van der Waals surface area contributed by atoms with E-state index in [2.05, 4.69) is 44.3 Å². The molecule has 0 bridgehead atoms. The van der Waals surface area contributed by atoms with Crippen molar-refractivity contribution in [1.82, 2.24) is 0 Å². The highest BCUT2D eigenvalue weighted by molar-refractivity contribution is 5.56. The molecule has 1 nitrogen and oxygen atoms in total. The van der Waals surface area contributed by atoms with Crippen LogP contribution in [0.15, 0.2) is 18.2 Å². The minimum Gasteiger partial charge on any atom is -0.382 e. The van der Waals surface area contributed by atoms with Crippen LogP contribution in [0.2, 0.25) is 0 Å². The van der Waals surface area contributed by atoms with Crippen molar-refractivity contribution in [2.24, 2.45) is 0 Å². The molecule has 0 aromatic heterocycles. The molecule has 2 rings (SSSR count). The van der Waals surface area contributed by atoms with Gasteiger partial charge in [-0.05, 0) is 42.9 Å². The summed E-state index contributed by atoms with van der Waals surface area (Å²) in [4.78, 5) is 0. The van der Waals surface area contributed by atoms with Crippen LogP contribution >= 0.6 is 0 Å². The number of benzene rings is 1. The first-order valence-corrected chi connectivity index (χ1v) is 5.56. The maximum Gasteiger partial charge on any atom is 0.0377 e. The van der Waals surface area contributed by atoms with Gasteiger partial charge >= 0.3 is 0 Å². The standard InChI is InChI=1S/C13H19N/c1-9(2)12-7-6-11-5-4-10(3)14-13(11)8-12/h6-10,14H,4-5H2,1-3H3/t10-/m1/s1. The lowest BCUT2D eigenvalue weighted by Gasteiger charge is -2.25. The predicted molar refractivity (Wildman–Crippen MR) is 61.9 cm³/mol. The second-order valence-corrected chi connectivity index (χ2v) is 4.66. The van der Waals surface area contributed by atoms with Gasteiger partial charge in [0.15, 0.2) is 0 Å². The lowest BCUT2D eigenvalue weighted by molar-refractivity contribution is 0.679. The second-order valence-electron chi connectivity index (χ2n) is 4.66. The van der Waals surface area contributed by atoms with Gasteiger partial charge in [0.25, 0.3) is 0 Å². The number of hydrogen-bond donors (Lipinski definition) is 1. The quantitative estimate of drug-likeness (QED) is 0.712. The lowest BCUT2D eigenvalue weighted by Crippen LogP contribution is -2.21. The van der Waals surface area contributed by atoms with E-state index in [0.29, 0.717) is 12.0 Å². The van der Waals surface area contributed by atoms with Crippen molar-refractivity contribution in [2.45, 2.75) is 45.6 Å². The summed E-state index contributed by atoms with van der Waals surface area (Å²) in [5.74, 6) is 0.624. The Bertz CT molecular complexity index is 328. The molecule has 1 aliphatic heterocycles. The minimum atomic E-state index is 0.624. The molecule has 0 unspecified atom stereocenters. The lowest BCUT2D eigenvalue weighted by atomic mass is 9.94. The third kappa shape index (κ3) is 1.77. The highest BCUT2D eigenvalue weighted by Crippen LogP contribution is 2.28. The van der Waals surface area contributed by atoms with Crippen molar-refractivity contribution in [3.8, 4) is 0 Å². The Morgan fingerprint density at radius 2 is 2.14 bits per heavy atom. The van der Waals surface area contributed by atoms with Crippen LogP contribution in [0.5, 0.6) is 0 Å². The number of fused-ring (bicyclic) bond motifs is 1. The van der Waals surface area contributed by atoms with Gasteiger partial charge in [0.2, 0.25) is 0 Å². The molecule has 1 aromatic rings. The number of nitrogens with one attached hydrogen (secondary N) is 1. The summed E-state index contributed by atoms with van der Waals surface area (Å²) in [6.45, 7) is 6.74. The number of rotatable bonds is 1. The average Bonchev–Trinajstić information content (AvgIpc) is 2.16. The Morgan fingerprint density at radius 3 is 2.86 bits per heavy atom. The zero-order valence-corrected chi connectivity index (χ0v) is 9.30. The molecule has 14 heavy (non-hydrogen) atoms. The molecule has 0 aliphatic carbocycles. The first-order valence-electron chi connectivity index (χ1n) is 5.56. The van der Waals surface area contributed by atoms with Gasteiger partial charge in [-0.25, -0.2) is 0 Å². The molecule has 0 saturated heterocycles. The first-order chi connectivity index (χ1) is 6.66. The smallest absolute Gasteiger partial charge is 0.0377 e. The highest BCUT2D eigenvalue weighted by Gasteiger charge is 2.14. The summed E-state index contributed by atoms with van der Waals surface area (Å²) in [6.07, 6.45) is 2.48. The zero-order chi connectivity index (χ0) is 10.1. The molecular formula is C13H19N. The third-order valence-corrected chi connectivity index (χ3v) is 3.05. The third-order valence-electron chi connectivity index (χ3n) is 3.05. The molecular weight excluding hydrogens is 170 g/mol. The van der Waals surface area contributed by atoms with E-state index in [-0.39, 0.29) is 0 Å². The van der Waals surface area contributed by atoms with Crippen LogP contribution < -0.4 is 5.32 Å². The summed E-state index contributed by atoms with van der Waals surface area (Å²) in [6, 6.07) is 7.49. The molecule has 1 heteroatoms. The fourth-order valence-corrected chi connectivity index (χ4v) is 2.02. The van der Waals surface area contributed by atoms with Gasteiger partial charge in [0, 0.05) is 11.7 Å². The van der Waals surface area contributed by atoms with Crippen molar-refractivity contribution in [1.29, 1.82) is 0 Å². The Labute approximate surface area is 86.5 Å². The van der Waals surface area contributed by atoms with Crippen molar-refractivity contribution in [2.75, 3.05) is 5.32 Å². The molecule has 1 aromatic carbocycles. The molecule has 0 fully saturated rings. The molecule has 1 atom stereocenters. The Balaban J connectivity index is 2.33. The SMILES string of the molecule is CC(C)c1ccc2c(c1)N[C@H](C)CC2. The summed E-state index contributed by atoms with van der Waals surface area (Å²) in [7, 11) is 0. The average molecular weight is 189 g/mol. The van der Waals surface area contributed by atoms with Crippen LogP contribution in [-0.2, 0) is 6.42 Å². The topological polar surface area (TPSA) is 12.0 Å². The molecule has 76 valence electrons. The van der Waals surface area contributed by atoms with E-state index in [0.717, 1.165) is 0 Å². The van der Waals surface area contributed by atoms with Crippen LogP contribution in [-0.4, -0.2) is 6.04 Å². The number of anilines is 1. The Morgan fingerprint density at radius 1 is 1.36 bits per heavy atom. The fraction of sp³-hybridized carbons (Fsp3) is 0.538. The number of hydrogen-bond acceptors (Lipinski definition) is 1. The molecule has 0 spiro atoms. The van der Waals surface area contributed by atoms with Crippen molar-refractivity contribution in [3.05, 3.63) is 29.3 Å². The van der Waals surface area contributed by atoms with Crippen LogP contribution in [0, 0.1) is 0 Å². The van der Waals surface area contributed by atoms with E-state index < -0.39 is 0 Å². The van der Waals surface area contributed by atoms with Crippen molar-refractivity contribution in [3.63, 3.8) is 0 Å². The molecule has 1 N–H and O–H groups in total. The fourth-order valence-electron chi connectivity index (χ4n) is 2.02. The van der Waals surface area contributed by atoms with Crippen LogP contribution in [0.4, 0.5) is 5.69 Å². The van der Waals surface area contributed by atoms with Crippen LogP contribution in [0.25, 0.3) is 0 Å². The van der Waals surface area contributed by atoms with E-state index in [4.69, 9.17) is 0 Å². The van der Waals surface area contributed by atoms with Crippen LogP contribution in [0.3, 0.4) is 0 Å². The van der Waals surface area contributed by atoms with Crippen molar-refractivity contribution < 1.29 is 0 Å². The molecule has 1 aliphatic rings. The Kier molecular flexibility index (Phi) is 2.49. The normalized spacial score (nSPS) is 20.4. The van der Waals surface area contributed by atoms with Gasteiger partial charge in [0.1, 0.15) is 0 Å². The summed E-state index contributed by atoms with van der Waals surface area (Å²) in [5, 5.41) is 3.56. The maximum absolute atomic E-state index is 3.56. The van der Waals surface area contributed by atoms with Gasteiger partial charge in [0.05, 0.1) is 0 Å². The van der Waals surface area contributed by atoms with Crippen LogP contribution in [0.1, 0.15) is 44.2 Å². The summed E-state index contributed by atoms with van der Waals surface area (Å²) >= 11 is 0. The van der Waals surface area contributed by atoms with Gasteiger partial charge in [-0.1, -0.05) is 26.0 Å². The van der Waals surface area contributed by atoms with E-state index in [9.17, 15) is 0 Å². The molecule has 0 saturated carbocycles. The first kappa shape index (κ1) is 9.57. The molecule has 0 radical (unpaired) electrons. The predicted octanol–water partition coefficient (Wildman–Crippen LogP) is 3.56. The minimum absolute atomic E-state index is 0.624. The summed E-state index contributed by atoms with van der Waals surface area (Å²) in [5.41, 5.74) is 4.27. The monoisotopic (exact) mass is 189 g/mol.